The zero-order valence-corrected chi connectivity index (χ0v) is 21.2. The Morgan fingerprint density at radius 3 is 2.49 bits per heavy atom. The first-order valence-electron chi connectivity index (χ1n) is 13.8. The molecule has 194 valence electrons. The predicted molar refractivity (Wildman–Crippen MR) is 132 cm³/mol. The van der Waals surface area contributed by atoms with Crippen LogP contribution >= 0.6 is 0 Å². The Bertz CT molecular complexity index is 923. The van der Waals surface area contributed by atoms with E-state index in [1.54, 1.807) is 5.57 Å². The molecule has 3 saturated carbocycles. The van der Waals surface area contributed by atoms with Gasteiger partial charge >= 0.3 is 6.18 Å². The van der Waals surface area contributed by atoms with Crippen molar-refractivity contribution in [2.45, 2.75) is 96.8 Å². The number of aliphatic hydroxyl groups is 1. The van der Waals surface area contributed by atoms with Gasteiger partial charge in [-0.2, -0.15) is 13.2 Å². The number of ether oxygens (including phenoxy) is 1. The summed E-state index contributed by atoms with van der Waals surface area (Å²) < 4.78 is 43.9. The Morgan fingerprint density at radius 1 is 0.971 bits per heavy atom. The highest BCUT2D eigenvalue weighted by Crippen LogP contribution is 2.66. The van der Waals surface area contributed by atoms with E-state index in [1.165, 1.54) is 50.7 Å². The summed E-state index contributed by atoms with van der Waals surface area (Å²) in [6.07, 6.45) is 10.9. The highest BCUT2D eigenvalue weighted by Gasteiger charge is 2.58. The Labute approximate surface area is 208 Å². The Balaban J connectivity index is 1.13. The number of hydrogen-bond donors (Lipinski definition) is 1. The van der Waals surface area contributed by atoms with Crippen molar-refractivity contribution in [3.8, 4) is 5.75 Å². The molecule has 4 aliphatic rings. The van der Waals surface area contributed by atoms with Gasteiger partial charge in [0.05, 0.1) is 18.3 Å². The van der Waals surface area contributed by atoms with Crippen LogP contribution in [0.4, 0.5) is 13.2 Å². The van der Waals surface area contributed by atoms with Crippen molar-refractivity contribution in [3.05, 3.63) is 41.5 Å². The highest BCUT2D eigenvalue weighted by atomic mass is 19.4. The smallest absolute Gasteiger partial charge is 0.416 e. The molecule has 0 aromatic heterocycles. The molecule has 0 radical (unpaired) electrons. The molecule has 0 saturated heterocycles. The second-order valence-corrected chi connectivity index (χ2v) is 12.3. The van der Waals surface area contributed by atoms with E-state index in [0.29, 0.717) is 23.2 Å². The fourth-order valence-electron chi connectivity index (χ4n) is 8.65. The van der Waals surface area contributed by atoms with E-state index in [4.69, 9.17) is 4.74 Å². The summed E-state index contributed by atoms with van der Waals surface area (Å²) in [5, 5.41) is 10.2. The molecule has 0 amide bonds. The molecule has 3 fully saturated rings. The average molecular weight is 491 g/mol. The molecule has 7 unspecified atom stereocenters. The lowest BCUT2D eigenvalue weighted by atomic mass is 9.47. The molecule has 4 aliphatic carbocycles. The summed E-state index contributed by atoms with van der Waals surface area (Å²) in [6.45, 7) is 5.62. The third-order valence-corrected chi connectivity index (χ3v) is 10.7. The summed E-state index contributed by atoms with van der Waals surface area (Å²) in [5.41, 5.74) is 1.65. The van der Waals surface area contributed by atoms with Crippen molar-refractivity contribution in [2.75, 3.05) is 6.61 Å². The zero-order chi connectivity index (χ0) is 24.8. The molecule has 0 aliphatic heterocycles. The van der Waals surface area contributed by atoms with Crippen LogP contribution in [0.5, 0.6) is 5.75 Å². The van der Waals surface area contributed by atoms with Crippen LogP contribution in [0.15, 0.2) is 35.9 Å². The number of halogens is 3. The van der Waals surface area contributed by atoms with Gasteiger partial charge in [-0.1, -0.05) is 25.5 Å². The first kappa shape index (κ1) is 25.2. The van der Waals surface area contributed by atoms with Gasteiger partial charge in [-0.15, -0.1) is 0 Å². The van der Waals surface area contributed by atoms with E-state index in [-0.39, 0.29) is 6.10 Å². The van der Waals surface area contributed by atoms with Crippen LogP contribution in [-0.4, -0.2) is 17.8 Å². The van der Waals surface area contributed by atoms with Crippen LogP contribution < -0.4 is 4.74 Å². The number of unbranched alkanes of at least 4 members (excludes halogenated alkanes) is 1. The minimum Gasteiger partial charge on any atom is -0.494 e. The van der Waals surface area contributed by atoms with Gasteiger partial charge in [-0.25, -0.2) is 0 Å². The standard InChI is InChI=1S/C30H41F3O2/c1-28-17-15-27-25(12-8-22-19-23(34)14-16-29(22,27)2)26(28)13-9-20(28)5-3-4-18-35-24-10-6-21(7-11-24)30(31,32)33/h6-8,10-11,20,23,25-27,34H,3-5,9,12-19H2,1-2H3. The lowest BCUT2D eigenvalue weighted by Gasteiger charge is -2.58. The van der Waals surface area contributed by atoms with E-state index in [1.807, 2.05) is 0 Å². The molecule has 0 spiro atoms. The van der Waals surface area contributed by atoms with Crippen LogP contribution in [0.2, 0.25) is 0 Å². The normalized spacial score (nSPS) is 38.8. The lowest BCUT2D eigenvalue weighted by Crippen LogP contribution is -2.50. The highest BCUT2D eigenvalue weighted by molar-refractivity contribution is 5.29. The summed E-state index contributed by atoms with van der Waals surface area (Å²) in [5.74, 6) is 3.68. The van der Waals surface area contributed by atoms with Crippen molar-refractivity contribution < 1.29 is 23.0 Å². The third-order valence-electron chi connectivity index (χ3n) is 10.7. The summed E-state index contributed by atoms with van der Waals surface area (Å²) in [6, 6.07) is 5.01. The Kier molecular flexibility index (Phi) is 6.78. The van der Waals surface area contributed by atoms with Crippen molar-refractivity contribution in [1.29, 1.82) is 0 Å². The van der Waals surface area contributed by atoms with E-state index < -0.39 is 11.7 Å². The molecule has 0 heterocycles. The Hall–Kier alpha value is -1.49. The SMILES string of the molecule is CC12CCC(O)CC1=CCC1C2CCC2(C)C(CCCCOc3ccc(C(F)(F)F)cc3)CCC12. The molecular weight excluding hydrogens is 449 g/mol. The molecule has 0 bridgehead atoms. The number of aliphatic hydroxyl groups excluding tert-OH is 1. The molecular formula is C30H41F3O2. The molecule has 5 rings (SSSR count). The fourth-order valence-corrected chi connectivity index (χ4v) is 8.65. The van der Waals surface area contributed by atoms with Gasteiger partial charge in [0.15, 0.2) is 0 Å². The first-order chi connectivity index (χ1) is 16.6. The van der Waals surface area contributed by atoms with Gasteiger partial charge in [0, 0.05) is 0 Å². The fraction of sp³-hybridized carbons (Fsp3) is 0.733. The first-order valence-corrected chi connectivity index (χ1v) is 13.8. The predicted octanol–water partition coefficient (Wildman–Crippen LogP) is 8.19. The van der Waals surface area contributed by atoms with Gasteiger partial charge < -0.3 is 9.84 Å². The van der Waals surface area contributed by atoms with Crippen LogP contribution in [0.3, 0.4) is 0 Å². The summed E-state index contributed by atoms with van der Waals surface area (Å²) in [4.78, 5) is 0. The second kappa shape index (κ2) is 9.43. The quantitative estimate of drug-likeness (QED) is 0.322. The number of fused-ring (bicyclic) bond motifs is 5. The maximum Gasteiger partial charge on any atom is 0.416 e. The van der Waals surface area contributed by atoms with Gasteiger partial charge in [-0.05, 0) is 129 Å². The minimum atomic E-state index is -4.31. The third kappa shape index (κ3) is 4.67. The second-order valence-electron chi connectivity index (χ2n) is 12.3. The molecule has 7 atom stereocenters. The maximum atomic E-state index is 12.7. The molecule has 5 heteroatoms. The summed E-state index contributed by atoms with van der Waals surface area (Å²) in [7, 11) is 0. The number of hydrogen-bond acceptors (Lipinski definition) is 2. The van der Waals surface area contributed by atoms with Gasteiger partial charge in [0.25, 0.3) is 0 Å². The van der Waals surface area contributed by atoms with Crippen LogP contribution in [-0.2, 0) is 6.18 Å². The topological polar surface area (TPSA) is 29.5 Å². The van der Waals surface area contributed by atoms with Gasteiger partial charge in [0.1, 0.15) is 5.75 Å². The van der Waals surface area contributed by atoms with Crippen LogP contribution in [0.25, 0.3) is 0 Å². The van der Waals surface area contributed by atoms with Crippen molar-refractivity contribution in [2.24, 2.45) is 34.5 Å². The number of allylic oxidation sites excluding steroid dienone is 1. The van der Waals surface area contributed by atoms with Gasteiger partial charge in [0.2, 0.25) is 0 Å². The Morgan fingerprint density at radius 2 is 1.74 bits per heavy atom. The molecule has 1 N–H and O–H groups in total. The van der Waals surface area contributed by atoms with E-state index in [2.05, 4.69) is 19.9 Å². The van der Waals surface area contributed by atoms with Crippen LogP contribution in [0, 0.1) is 34.5 Å². The molecule has 2 nitrogen and oxygen atoms in total. The monoisotopic (exact) mass is 490 g/mol. The molecule has 1 aromatic carbocycles. The van der Waals surface area contributed by atoms with E-state index in [9.17, 15) is 18.3 Å². The molecule has 35 heavy (non-hydrogen) atoms. The molecule has 1 aromatic rings. The van der Waals surface area contributed by atoms with Gasteiger partial charge in [-0.3, -0.25) is 0 Å². The largest absolute Gasteiger partial charge is 0.494 e. The van der Waals surface area contributed by atoms with Crippen LogP contribution in [0.1, 0.15) is 90.0 Å². The maximum absolute atomic E-state index is 12.7. The zero-order valence-electron chi connectivity index (χ0n) is 21.2. The number of alkyl halides is 3. The number of rotatable bonds is 6. The van der Waals surface area contributed by atoms with E-state index in [0.717, 1.165) is 67.9 Å². The summed E-state index contributed by atoms with van der Waals surface area (Å²) >= 11 is 0. The average Bonchev–Trinajstić information content (AvgIpc) is 3.15. The lowest BCUT2D eigenvalue weighted by molar-refractivity contribution is -0.137. The van der Waals surface area contributed by atoms with Crippen molar-refractivity contribution >= 4 is 0 Å². The minimum absolute atomic E-state index is 0.140. The number of benzene rings is 1. The van der Waals surface area contributed by atoms with E-state index >= 15 is 0 Å². The van der Waals surface area contributed by atoms with Crippen molar-refractivity contribution in [1.82, 2.24) is 0 Å². The van der Waals surface area contributed by atoms with Crippen molar-refractivity contribution in [3.63, 3.8) is 0 Å².